The van der Waals surface area contributed by atoms with Crippen molar-refractivity contribution in [3.05, 3.63) is 58.7 Å². The summed E-state index contributed by atoms with van der Waals surface area (Å²) in [5, 5.41) is 3.20. The molecule has 3 rings (SSSR count). The normalized spacial score (nSPS) is 10.7. The van der Waals surface area contributed by atoms with Gasteiger partial charge in [-0.25, -0.2) is 9.78 Å². The summed E-state index contributed by atoms with van der Waals surface area (Å²) in [7, 11) is 0. The van der Waals surface area contributed by atoms with Gasteiger partial charge in [0.15, 0.2) is 11.7 Å². The number of amides is 1. The number of aryl methyl sites for hydroxylation is 3. The Bertz CT molecular complexity index is 961. The predicted molar refractivity (Wildman–Crippen MR) is 104 cm³/mol. The zero-order chi connectivity index (χ0) is 18.7. The molecule has 0 aliphatic carbocycles. The van der Waals surface area contributed by atoms with Gasteiger partial charge in [0.05, 0.1) is 15.8 Å². The topological polar surface area (TPSA) is 68.3 Å². The molecule has 1 amide bonds. The van der Waals surface area contributed by atoms with Gasteiger partial charge in [-0.05, 0) is 55.2 Å². The second-order valence-electron chi connectivity index (χ2n) is 6.12. The number of benzene rings is 2. The van der Waals surface area contributed by atoms with Crippen LogP contribution in [0.4, 0.5) is 5.13 Å². The van der Waals surface area contributed by atoms with E-state index in [1.54, 1.807) is 12.1 Å². The molecule has 0 unspecified atom stereocenters. The first kappa shape index (κ1) is 18.1. The summed E-state index contributed by atoms with van der Waals surface area (Å²) in [4.78, 5) is 28.5. The summed E-state index contributed by atoms with van der Waals surface area (Å²) in [5.74, 6) is -0.921. The summed E-state index contributed by atoms with van der Waals surface area (Å²) in [6, 6.07) is 11.3. The number of ether oxygens (including phenoxy) is 1. The van der Waals surface area contributed by atoms with Crippen molar-refractivity contribution in [1.82, 2.24) is 4.98 Å². The van der Waals surface area contributed by atoms with Crippen molar-refractivity contribution in [2.24, 2.45) is 0 Å². The van der Waals surface area contributed by atoms with E-state index in [1.165, 1.54) is 11.3 Å². The molecule has 0 saturated heterocycles. The fourth-order valence-electron chi connectivity index (χ4n) is 2.67. The number of nitrogens with one attached hydrogen (secondary N) is 1. The van der Waals surface area contributed by atoms with Gasteiger partial charge in [-0.3, -0.25) is 10.1 Å². The van der Waals surface area contributed by atoms with Crippen molar-refractivity contribution < 1.29 is 14.3 Å². The quantitative estimate of drug-likeness (QED) is 0.683. The van der Waals surface area contributed by atoms with Crippen LogP contribution in [0.1, 0.15) is 34.0 Å². The fraction of sp³-hybridized carbons (Fsp3) is 0.250. The molecule has 1 N–H and O–H groups in total. The van der Waals surface area contributed by atoms with Crippen LogP contribution < -0.4 is 5.32 Å². The van der Waals surface area contributed by atoms with Crippen LogP contribution in [0.2, 0.25) is 0 Å². The van der Waals surface area contributed by atoms with Crippen LogP contribution in [-0.4, -0.2) is 23.5 Å². The van der Waals surface area contributed by atoms with Crippen molar-refractivity contribution in [3.63, 3.8) is 0 Å². The molecule has 0 radical (unpaired) electrons. The number of fused-ring (bicyclic) bond motifs is 1. The number of hydrogen-bond acceptors (Lipinski definition) is 5. The highest BCUT2D eigenvalue weighted by molar-refractivity contribution is 7.22. The maximum Gasteiger partial charge on any atom is 0.338 e. The highest BCUT2D eigenvalue weighted by Gasteiger charge is 2.13. The Kier molecular flexibility index (Phi) is 5.32. The minimum absolute atomic E-state index is 0.345. The Hall–Kier alpha value is -2.73. The van der Waals surface area contributed by atoms with Gasteiger partial charge in [0.25, 0.3) is 5.91 Å². The van der Waals surface area contributed by atoms with E-state index in [2.05, 4.69) is 16.4 Å². The van der Waals surface area contributed by atoms with Crippen molar-refractivity contribution >= 4 is 38.6 Å². The van der Waals surface area contributed by atoms with Gasteiger partial charge in [-0.15, -0.1) is 0 Å². The summed E-state index contributed by atoms with van der Waals surface area (Å²) in [6.07, 6.45) is 0.902. The highest BCUT2D eigenvalue weighted by Crippen LogP contribution is 2.29. The molecule has 0 fully saturated rings. The third kappa shape index (κ3) is 4.08. The zero-order valence-corrected chi connectivity index (χ0v) is 15.8. The van der Waals surface area contributed by atoms with Gasteiger partial charge < -0.3 is 4.74 Å². The van der Waals surface area contributed by atoms with Gasteiger partial charge in [-0.1, -0.05) is 36.5 Å². The van der Waals surface area contributed by atoms with Crippen LogP contribution in [0.15, 0.2) is 36.4 Å². The molecular weight excluding hydrogens is 348 g/mol. The third-order valence-electron chi connectivity index (χ3n) is 4.01. The minimum atomic E-state index is -0.515. The van der Waals surface area contributed by atoms with E-state index in [0.29, 0.717) is 10.7 Å². The average Bonchev–Trinajstić information content (AvgIpc) is 3.02. The standard InChI is InChI=1S/C20H20N2O3S/c1-4-14-5-7-15(8-6-14)19(24)25-11-17(23)21-20-22-18-13(3)9-12(2)10-16(18)26-20/h5-10H,4,11H2,1-3H3,(H,21,22,23). The van der Waals surface area contributed by atoms with E-state index in [-0.39, 0.29) is 6.61 Å². The van der Waals surface area contributed by atoms with E-state index in [9.17, 15) is 9.59 Å². The number of anilines is 1. The van der Waals surface area contributed by atoms with Crippen molar-refractivity contribution in [3.8, 4) is 0 Å². The number of esters is 1. The number of rotatable bonds is 5. The monoisotopic (exact) mass is 368 g/mol. The molecule has 134 valence electrons. The molecule has 0 saturated carbocycles. The maximum absolute atomic E-state index is 12.1. The smallest absolute Gasteiger partial charge is 0.338 e. The molecule has 26 heavy (non-hydrogen) atoms. The lowest BCUT2D eigenvalue weighted by atomic mass is 10.1. The summed E-state index contributed by atoms with van der Waals surface area (Å²) >= 11 is 1.41. The van der Waals surface area contributed by atoms with Crippen molar-refractivity contribution in [2.45, 2.75) is 27.2 Å². The number of aromatic nitrogens is 1. The Labute approximate surface area is 156 Å². The van der Waals surface area contributed by atoms with Crippen LogP contribution in [0.3, 0.4) is 0 Å². The second kappa shape index (κ2) is 7.66. The Morgan fingerprint density at radius 2 is 1.88 bits per heavy atom. The molecule has 3 aromatic rings. The first-order valence-electron chi connectivity index (χ1n) is 8.40. The van der Waals surface area contributed by atoms with Crippen LogP contribution in [-0.2, 0) is 16.0 Å². The molecule has 6 heteroatoms. The highest BCUT2D eigenvalue weighted by atomic mass is 32.1. The van der Waals surface area contributed by atoms with E-state index < -0.39 is 11.9 Å². The van der Waals surface area contributed by atoms with Crippen LogP contribution in [0.25, 0.3) is 10.2 Å². The zero-order valence-electron chi connectivity index (χ0n) is 15.0. The first-order chi connectivity index (χ1) is 12.5. The fourth-order valence-corrected chi connectivity index (χ4v) is 3.73. The lowest BCUT2D eigenvalue weighted by Gasteiger charge is -2.05. The second-order valence-corrected chi connectivity index (χ2v) is 7.15. The predicted octanol–water partition coefficient (Wildman–Crippen LogP) is 4.27. The summed E-state index contributed by atoms with van der Waals surface area (Å²) in [6.45, 7) is 5.72. The number of carbonyl (C=O) groups excluding carboxylic acids is 2. The average molecular weight is 368 g/mol. The molecule has 2 aromatic carbocycles. The summed E-state index contributed by atoms with van der Waals surface area (Å²) in [5.41, 5.74) is 4.67. The Balaban J connectivity index is 1.60. The number of nitrogens with zero attached hydrogens (tertiary/aromatic N) is 1. The molecule has 0 bridgehead atoms. The number of thiazole rings is 1. The largest absolute Gasteiger partial charge is 0.452 e. The van der Waals surface area contributed by atoms with E-state index in [1.807, 2.05) is 39.0 Å². The molecule has 1 heterocycles. The Morgan fingerprint density at radius 3 is 2.58 bits per heavy atom. The van der Waals surface area contributed by atoms with Crippen molar-refractivity contribution in [2.75, 3.05) is 11.9 Å². The van der Waals surface area contributed by atoms with Crippen molar-refractivity contribution in [1.29, 1.82) is 0 Å². The first-order valence-corrected chi connectivity index (χ1v) is 9.21. The van der Waals surface area contributed by atoms with Gasteiger partial charge in [0, 0.05) is 0 Å². The van der Waals surface area contributed by atoms with Gasteiger partial charge in [0.2, 0.25) is 0 Å². The lowest BCUT2D eigenvalue weighted by Crippen LogP contribution is -2.20. The molecule has 0 aliphatic heterocycles. The molecule has 0 spiro atoms. The Morgan fingerprint density at radius 1 is 1.15 bits per heavy atom. The molecule has 1 aromatic heterocycles. The van der Waals surface area contributed by atoms with E-state index >= 15 is 0 Å². The van der Waals surface area contributed by atoms with Gasteiger partial charge in [-0.2, -0.15) is 0 Å². The van der Waals surface area contributed by atoms with E-state index in [4.69, 9.17) is 4.74 Å². The minimum Gasteiger partial charge on any atom is -0.452 e. The molecule has 5 nitrogen and oxygen atoms in total. The molecule has 0 atom stereocenters. The lowest BCUT2D eigenvalue weighted by molar-refractivity contribution is -0.119. The van der Waals surface area contributed by atoms with Crippen LogP contribution in [0, 0.1) is 13.8 Å². The van der Waals surface area contributed by atoms with E-state index in [0.717, 1.165) is 33.3 Å². The number of hydrogen-bond donors (Lipinski definition) is 1. The maximum atomic E-state index is 12.1. The SMILES string of the molecule is CCc1ccc(C(=O)OCC(=O)Nc2nc3c(C)cc(C)cc3s2)cc1. The van der Waals surface area contributed by atoms with Crippen LogP contribution >= 0.6 is 11.3 Å². The number of carbonyl (C=O) groups is 2. The van der Waals surface area contributed by atoms with Gasteiger partial charge in [0.1, 0.15) is 0 Å². The van der Waals surface area contributed by atoms with Crippen LogP contribution in [0.5, 0.6) is 0 Å². The molecule has 0 aliphatic rings. The third-order valence-corrected chi connectivity index (χ3v) is 4.93. The summed E-state index contributed by atoms with van der Waals surface area (Å²) < 4.78 is 6.10. The van der Waals surface area contributed by atoms with Gasteiger partial charge >= 0.3 is 5.97 Å². The molecular formula is C20H20N2O3S.